The minimum atomic E-state index is -0.426. The van der Waals surface area contributed by atoms with E-state index in [1.807, 2.05) is 11.5 Å². The zero-order valence-electron chi connectivity index (χ0n) is 9.67. The highest BCUT2D eigenvalue weighted by atomic mass is 35.5. The third-order valence-corrected chi connectivity index (χ3v) is 3.11. The van der Waals surface area contributed by atoms with Crippen LogP contribution in [-0.2, 0) is 6.54 Å². The lowest BCUT2D eigenvalue weighted by atomic mass is 10.3. The molecule has 2 rings (SSSR count). The van der Waals surface area contributed by atoms with Crippen LogP contribution in [0, 0.1) is 5.82 Å². The van der Waals surface area contributed by atoms with Crippen LogP contribution >= 0.6 is 23.2 Å². The van der Waals surface area contributed by atoms with Crippen molar-refractivity contribution in [2.75, 3.05) is 0 Å². The molecule has 0 saturated carbocycles. The van der Waals surface area contributed by atoms with Crippen LogP contribution in [0.5, 0.6) is 0 Å². The van der Waals surface area contributed by atoms with E-state index in [4.69, 9.17) is 23.2 Å². The van der Waals surface area contributed by atoms with Crippen molar-refractivity contribution in [1.82, 2.24) is 9.55 Å². The van der Waals surface area contributed by atoms with Crippen molar-refractivity contribution < 1.29 is 4.39 Å². The first-order chi connectivity index (χ1) is 8.04. The number of alkyl halides is 1. The van der Waals surface area contributed by atoms with E-state index < -0.39 is 5.82 Å². The smallest absolute Gasteiger partial charge is 0.144 e. The van der Waals surface area contributed by atoms with E-state index >= 15 is 0 Å². The van der Waals surface area contributed by atoms with Crippen molar-refractivity contribution in [1.29, 1.82) is 0 Å². The van der Waals surface area contributed by atoms with Crippen LogP contribution in [0.2, 0.25) is 5.02 Å². The molecule has 0 N–H and O–H groups in total. The lowest BCUT2D eigenvalue weighted by Gasteiger charge is -2.08. The van der Waals surface area contributed by atoms with E-state index in [2.05, 4.69) is 11.9 Å². The van der Waals surface area contributed by atoms with Gasteiger partial charge in [-0.1, -0.05) is 18.5 Å². The molecule has 1 heterocycles. The Labute approximate surface area is 109 Å². The summed E-state index contributed by atoms with van der Waals surface area (Å²) in [5.74, 6) is 0.329. The van der Waals surface area contributed by atoms with Gasteiger partial charge < -0.3 is 4.57 Å². The molecule has 0 radical (unpaired) electrons. The molecule has 2 aromatic rings. The first kappa shape index (κ1) is 12.7. The summed E-state index contributed by atoms with van der Waals surface area (Å²) in [6.07, 6.45) is 0.937. The van der Waals surface area contributed by atoms with Crippen LogP contribution in [0.1, 0.15) is 31.5 Å². The maximum Gasteiger partial charge on any atom is 0.144 e. The summed E-state index contributed by atoms with van der Waals surface area (Å²) in [5, 5.41) is -0.122. The van der Waals surface area contributed by atoms with Crippen LogP contribution in [0.3, 0.4) is 0 Å². The van der Waals surface area contributed by atoms with Gasteiger partial charge in [-0.3, -0.25) is 0 Å². The predicted octanol–water partition coefficient (Wildman–Crippen LogP) is 4.54. The average Bonchev–Trinajstić information content (AvgIpc) is 2.59. The van der Waals surface area contributed by atoms with Crippen molar-refractivity contribution in [2.45, 2.75) is 32.2 Å². The SMILES string of the molecule is CCCn1c(C(C)Cl)nc2cc(Cl)c(F)cc21. The fourth-order valence-electron chi connectivity index (χ4n) is 1.90. The number of nitrogens with zero attached hydrogens (tertiary/aromatic N) is 2. The van der Waals surface area contributed by atoms with Crippen LogP contribution in [0.4, 0.5) is 4.39 Å². The molecule has 0 spiro atoms. The molecule has 0 fully saturated rings. The average molecular weight is 275 g/mol. The van der Waals surface area contributed by atoms with Crippen LogP contribution in [-0.4, -0.2) is 9.55 Å². The lowest BCUT2D eigenvalue weighted by molar-refractivity contribution is 0.624. The Morgan fingerprint density at radius 3 is 2.76 bits per heavy atom. The number of hydrogen-bond acceptors (Lipinski definition) is 1. The summed E-state index contributed by atoms with van der Waals surface area (Å²) in [5.41, 5.74) is 1.43. The van der Waals surface area contributed by atoms with Crippen LogP contribution in [0.15, 0.2) is 12.1 Å². The van der Waals surface area contributed by atoms with Crippen molar-refractivity contribution in [3.8, 4) is 0 Å². The molecule has 2 nitrogen and oxygen atoms in total. The van der Waals surface area contributed by atoms with Crippen molar-refractivity contribution in [3.05, 3.63) is 28.8 Å². The number of halogens is 3. The van der Waals surface area contributed by atoms with E-state index in [1.165, 1.54) is 6.07 Å². The van der Waals surface area contributed by atoms with Crippen molar-refractivity contribution in [2.24, 2.45) is 0 Å². The number of hydrogen-bond donors (Lipinski definition) is 0. The topological polar surface area (TPSA) is 17.8 Å². The van der Waals surface area contributed by atoms with Crippen LogP contribution in [0.25, 0.3) is 11.0 Å². The normalized spacial score (nSPS) is 13.2. The Morgan fingerprint density at radius 1 is 1.47 bits per heavy atom. The van der Waals surface area contributed by atoms with E-state index in [9.17, 15) is 4.39 Å². The van der Waals surface area contributed by atoms with Gasteiger partial charge in [-0.05, 0) is 19.4 Å². The summed E-state index contributed by atoms with van der Waals surface area (Å²) in [4.78, 5) is 4.41. The molecule has 0 amide bonds. The Bertz CT molecular complexity index is 549. The molecule has 1 atom stereocenters. The number of aromatic nitrogens is 2. The monoisotopic (exact) mass is 274 g/mol. The Morgan fingerprint density at radius 2 is 2.18 bits per heavy atom. The molecule has 17 heavy (non-hydrogen) atoms. The minimum absolute atomic E-state index is 0.0902. The quantitative estimate of drug-likeness (QED) is 0.752. The molecule has 0 aliphatic heterocycles. The van der Waals surface area contributed by atoms with Gasteiger partial charge in [0, 0.05) is 12.6 Å². The molecule has 5 heteroatoms. The molecule has 1 aromatic carbocycles. The Hall–Kier alpha value is -0.800. The van der Waals surface area contributed by atoms with Gasteiger partial charge in [0.05, 0.1) is 21.4 Å². The largest absolute Gasteiger partial charge is 0.327 e. The molecule has 1 aromatic heterocycles. The number of aryl methyl sites for hydroxylation is 1. The highest BCUT2D eigenvalue weighted by molar-refractivity contribution is 6.31. The second kappa shape index (κ2) is 4.83. The Balaban J connectivity index is 2.71. The second-order valence-electron chi connectivity index (χ2n) is 3.99. The van der Waals surface area contributed by atoms with Gasteiger partial charge in [-0.25, -0.2) is 9.37 Å². The number of rotatable bonds is 3. The van der Waals surface area contributed by atoms with Gasteiger partial charge >= 0.3 is 0 Å². The molecular formula is C12H13Cl2FN2. The first-order valence-corrected chi connectivity index (χ1v) is 6.35. The predicted molar refractivity (Wildman–Crippen MR) is 69.3 cm³/mol. The number of benzene rings is 1. The fraction of sp³-hybridized carbons (Fsp3) is 0.417. The van der Waals surface area contributed by atoms with E-state index in [0.29, 0.717) is 5.52 Å². The van der Waals surface area contributed by atoms with E-state index in [1.54, 1.807) is 6.07 Å². The highest BCUT2D eigenvalue weighted by Crippen LogP contribution is 2.28. The van der Waals surface area contributed by atoms with E-state index in [0.717, 1.165) is 24.3 Å². The summed E-state index contributed by atoms with van der Waals surface area (Å²) >= 11 is 11.8. The molecule has 0 bridgehead atoms. The third-order valence-electron chi connectivity index (χ3n) is 2.62. The zero-order valence-corrected chi connectivity index (χ0v) is 11.2. The zero-order chi connectivity index (χ0) is 12.6. The van der Waals surface area contributed by atoms with Gasteiger partial charge in [-0.2, -0.15) is 0 Å². The molecule has 0 aliphatic rings. The maximum absolute atomic E-state index is 13.5. The summed E-state index contributed by atoms with van der Waals surface area (Å²) in [6.45, 7) is 4.68. The van der Waals surface area contributed by atoms with Crippen molar-refractivity contribution in [3.63, 3.8) is 0 Å². The molecule has 92 valence electrons. The summed E-state index contributed by atoms with van der Waals surface area (Å²) in [6, 6.07) is 2.96. The molecule has 0 saturated heterocycles. The molecular weight excluding hydrogens is 262 g/mol. The first-order valence-electron chi connectivity index (χ1n) is 5.53. The maximum atomic E-state index is 13.5. The van der Waals surface area contributed by atoms with Gasteiger partial charge in [0.2, 0.25) is 0 Å². The van der Waals surface area contributed by atoms with Gasteiger partial charge in [-0.15, -0.1) is 11.6 Å². The van der Waals surface area contributed by atoms with Gasteiger partial charge in [0.25, 0.3) is 0 Å². The van der Waals surface area contributed by atoms with Crippen LogP contribution < -0.4 is 0 Å². The Kier molecular flexibility index (Phi) is 3.59. The number of imidazole rings is 1. The van der Waals surface area contributed by atoms with Gasteiger partial charge in [0.15, 0.2) is 0 Å². The molecule has 1 unspecified atom stereocenters. The van der Waals surface area contributed by atoms with E-state index in [-0.39, 0.29) is 10.4 Å². The highest BCUT2D eigenvalue weighted by Gasteiger charge is 2.16. The van der Waals surface area contributed by atoms with Crippen molar-refractivity contribution >= 4 is 34.2 Å². The molecule has 0 aliphatic carbocycles. The minimum Gasteiger partial charge on any atom is -0.327 e. The third kappa shape index (κ3) is 2.26. The number of fused-ring (bicyclic) bond motifs is 1. The summed E-state index contributed by atoms with van der Waals surface area (Å²) in [7, 11) is 0. The second-order valence-corrected chi connectivity index (χ2v) is 5.05. The summed E-state index contributed by atoms with van der Waals surface area (Å²) < 4.78 is 15.4. The van der Waals surface area contributed by atoms with Gasteiger partial charge in [0.1, 0.15) is 11.6 Å². The lowest BCUT2D eigenvalue weighted by Crippen LogP contribution is -2.03. The fourth-order valence-corrected chi connectivity index (χ4v) is 2.23. The standard InChI is InChI=1S/C12H13Cl2FN2/c1-3-4-17-11-6-9(15)8(14)5-10(11)16-12(17)7(2)13/h5-7H,3-4H2,1-2H3.